The molecule has 132 valence electrons. The number of hydrogen-bond acceptors (Lipinski definition) is 2. The molecule has 0 fully saturated rings. The van der Waals surface area contributed by atoms with Gasteiger partial charge in [0.05, 0.1) is 5.69 Å². The van der Waals surface area contributed by atoms with Gasteiger partial charge in [0.2, 0.25) is 0 Å². The highest BCUT2D eigenvalue weighted by atomic mass is 16.1. The number of rotatable bonds is 2. The van der Waals surface area contributed by atoms with Crippen LogP contribution in [0, 0.1) is 18.3 Å². The Morgan fingerprint density at radius 3 is 2.67 bits per heavy atom. The van der Waals surface area contributed by atoms with Crippen molar-refractivity contribution in [1.82, 2.24) is 4.98 Å². The number of H-pyrrole nitrogens is 1. The Bertz CT molecular complexity index is 1160. The number of fused-ring (bicyclic) bond motifs is 3. The van der Waals surface area contributed by atoms with Crippen molar-refractivity contribution in [3.63, 3.8) is 0 Å². The van der Waals surface area contributed by atoms with E-state index in [1.54, 1.807) is 0 Å². The van der Waals surface area contributed by atoms with Crippen LogP contribution in [0.5, 0.6) is 0 Å². The van der Waals surface area contributed by atoms with Crippen LogP contribution < -0.4 is 5.73 Å². The molecular weight excluding hydrogens is 334 g/mol. The van der Waals surface area contributed by atoms with Crippen LogP contribution in [-0.4, -0.2) is 10.9 Å². The molecule has 3 N–H and O–H groups in total. The molecule has 0 bridgehead atoms. The quantitative estimate of drug-likeness (QED) is 0.533. The van der Waals surface area contributed by atoms with E-state index in [9.17, 15) is 10.1 Å². The molecular formula is C23H19N3O. The number of nitrogens with two attached hydrogens (primary N) is 1. The Balaban J connectivity index is 2.00. The van der Waals surface area contributed by atoms with E-state index in [2.05, 4.69) is 23.2 Å². The van der Waals surface area contributed by atoms with Gasteiger partial charge in [-0.2, -0.15) is 5.26 Å². The summed E-state index contributed by atoms with van der Waals surface area (Å²) in [7, 11) is 0. The number of carbonyl (C=O) groups is 1. The van der Waals surface area contributed by atoms with Crippen LogP contribution in [0.2, 0.25) is 0 Å². The van der Waals surface area contributed by atoms with E-state index in [0.29, 0.717) is 5.57 Å². The molecule has 1 aromatic heterocycles. The van der Waals surface area contributed by atoms with Crippen molar-refractivity contribution in [2.75, 3.05) is 0 Å². The summed E-state index contributed by atoms with van der Waals surface area (Å²) in [5, 5.41) is 10.8. The topological polar surface area (TPSA) is 82.7 Å². The maximum absolute atomic E-state index is 12.0. The zero-order valence-electron chi connectivity index (χ0n) is 15.0. The van der Waals surface area contributed by atoms with Crippen LogP contribution in [0.25, 0.3) is 22.6 Å². The van der Waals surface area contributed by atoms with Gasteiger partial charge in [-0.3, -0.25) is 4.79 Å². The van der Waals surface area contributed by atoms with Crippen LogP contribution >= 0.6 is 0 Å². The summed E-state index contributed by atoms with van der Waals surface area (Å²) in [6.07, 6.45) is 3.63. The molecule has 0 saturated heterocycles. The fourth-order valence-electron chi connectivity index (χ4n) is 3.80. The number of amides is 1. The number of aryl methyl sites for hydroxylation is 2. The molecule has 4 nitrogen and oxygen atoms in total. The van der Waals surface area contributed by atoms with Gasteiger partial charge in [0.15, 0.2) is 0 Å². The zero-order chi connectivity index (χ0) is 19.0. The lowest BCUT2D eigenvalue weighted by atomic mass is 9.83. The predicted octanol–water partition coefficient (Wildman–Crippen LogP) is 4.27. The Hall–Kier alpha value is -3.58. The zero-order valence-corrected chi connectivity index (χ0v) is 15.0. The van der Waals surface area contributed by atoms with Crippen molar-refractivity contribution in [1.29, 1.82) is 5.26 Å². The fraction of sp³-hybridized carbons (Fsp3) is 0.130. The van der Waals surface area contributed by atoms with Crippen LogP contribution in [0.3, 0.4) is 0 Å². The average Bonchev–Trinajstić information content (AvgIpc) is 3.02. The summed E-state index contributed by atoms with van der Waals surface area (Å²) in [5.74, 6) is -0.700. The molecule has 1 amide bonds. The van der Waals surface area contributed by atoms with E-state index in [0.717, 1.165) is 51.7 Å². The molecule has 4 heteroatoms. The summed E-state index contributed by atoms with van der Waals surface area (Å²) in [4.78, 5) is 15.4. The second-order valence-corrected chi connectivity index (χ2v) is 6.83. The minimum Gasteiger partial charge on any atom is -0.365 e. The number of hydrogen-bond donors (Lipinski definition) is 2. The molecule has 0 atom stereocenters. The van der Waals surface area contributed by atoms with Crippen molar-refractivity contribution < 1.29 is 4.79 Å². The van der Waals surface area contributed by atoms with E-state index in [4.69, 9.17) is 5.73 Å². The number of nitrogens with zero attached hydrogens (tertiary/aromatic N) is 1. The van der Waals surface area contributed by atoms with Crippen molar-refractivity contribution >= 4 is 28.5 Å². The Morgan fingerprint density at radius 1 is 1.19 bits per heavy atom. The monoisotopic (exact) mass is 353 g/mol. The molecule has 0 radical (unpaired) electrons. The number of aromatic nitrogens is 1. The van der Waals surface area contributed by atoms with Gasteiger partial charge >= 0.3 is 0 Å². The smallest absolute Gasteiger partial charge is 0.260 e. The molecule has 27 heavy (non-hydrogen) atoms. The number of benzene rings is 2. The summed E-state index contributed by atoms with van der Waals surface area (Å²) in [6, 6.07) is 18.2. The number of nitrogens with one attached hydrogen (secondary N) is 1. The number of primary amides is 1. The third-order valence-corrected chi connectivity index (χ3v) is 5.03. The minimum absolute atomic E-state index is 0.00130. The molecule has 1 aliphatic rings. The van der Waals surface area contributed by atoms with Crippen molar-refractivity contribution in [2.45, 2.75) is 19.8 Å². The summed E-state index contributed by atoms with van der Waals surface area (Å²) >= 11 is 0. The van der Waals surface area contributed by atoms with E-state index in [1.165, 1.54) is 0 Å². The number of allylic oxidation sites excluding steroid dienone is 2. The first-order valence-electron chi connectivity index (χ1n) is 8.90. The van der Waals surface area contributed by atoms with Crippen LogP contribution in [-0.2, 0) is 11.2 Å². The van der Waals surface area contributed by atoms with Crippen molar-refractivity contribution in [3.8, 4) is 6.07 Å². The normalized spacial score (nSPS) is 16.8. The van der Waals surface area contributed by atoms with Crippen LogP contribution in [0.15, 0.2) is 59.7 Å². The molecule has 0 aliphatic heterocycles. The SMILES string of the molecule is Cc1ccc2c3c([nH]c2c1)C(=C(/C#N)C(N)=O)/C(=C/c1ccccc1)CC3. The van der Waals surface area contributed by atoms with E-state index >= 15 is 0 Å². The first-order valence-corrected chi connectivity index (χ1v) is 8.90. The average molecular weight is 353 g/mol. The van der Waals surface area contributed by atoms with Gasteiger partial charge in [-0.25, -0.2) is 0 Å². The molecule has 1 heterocycles. The maximum atomic E-state index is 12.0. The second kappa shape index (κ2) is 6.62. The molecule has 1 aliphatic carbocycles. The number of nitriles is 1. The van der Waals surface area contributed by atoms with Gasteiger partial charge in [0.25, 0.3) is 5.91 Å². The van der Waals surface area contributed by atoms with Crippen LogP contribution in [0.1, 0.15) is 28.8 Å². The summed E-state index contributed by atoms with van der Waals surface area (Å²) < 4.78 is 0. The molecule has 2 aromatic carbocycles. The highest BCUT2D eigenvalue weighted by Crippen LogP contribution is 2.41. The Kier molecular flexibility index (Phi) is 4.13. The lowest BCUT2D eigenvalue weighted by molar-refractivity contribution is -0.114. The van der Waals surface area contributed by atoms with Gasteiger partial charge in [-0.05, 0) is 48.1 Å². The van der Waals surface area contributed by atoms with Crippen molar-refractivity contribution in [2.24, 2.45) is 5.73 Å². The van der Waals surface area contributed by atoms with Gasteiger partial charge in [0.1, 0.15) is 11.6 Å². The Labute approximate surface area is 157 Å². The van der Waals surface area contributed by atoms with E-state index in [1.807, 2.05) is 49.4 Å². The Morgan fingerprint density at radius 2 is 1.96 bits per heavy atom. The number of aromatic amines is 1. The fourth-order valence-corrected chi connectivity index (χ4v) is 3.80. The molecule has 0 saturated carbocycles. The highest BCUT2D eigenvalue weighted by molar-refractivity contribution is 6.09. The first-order chi connectivity index (χ1) is 13.1. The minimum atomic E-state index is -0.700. The second-order valence-electron chi connectivity index (χ2n) is 6.83. The highest BCUT2D eigenvalue weighted by Gasteiger charge is 2.27. The molecule has 0 spiro atoms. The summed E-state index contributed by atoms with van der Waals surface area (Å²) in [5.41, 5.74) is 12.3. The summed E-state index contributed by atoms with van der Waals surface area (Å²) in [6.45, 7) is 2.04. The largest absolute Gasteiger partial charge is 0.365 e. The predicted molar refractivity (Wildman–Crippen MR) is 108 cm³/mol. The van der Waals surface area contributed by atoms with Gasteiger partial charge < -0.3 is 10.7 Å². The molecule has 3 aromatic rings. The maximum Gasteiger partial charge on any atom is 0.260 e. The standard InChI is InChI=1S/C23H19N3O/c1-14-7-9-17-18-10-8-16(12-15-5-3-2-4-6-15)21(19(13-24)23(25)27)22(18)26-20(17)11-14/h2-7,9,11-12,26H,8,10H2,1H3,(H2,25,27)/b16-12+,21-19-. The van der Waals surface area contributed by atoms with Gasteiger partial charge in [-0.1, -0.05) is 48.5 Å². The lowest BCUT2D eigenvalue weighted by Crippen LogP contribution is -2.17. The third-order valence-electron chi connectivity index (χ3n) is 5.03. The van der Waals surface area contributed by atoms with E-state index in [-0.39, 0.29) is 5.57 Å². The van der Waals surface area contributed by atoms with Gasteiger partial charge in [-0.15, -0.1) is 0 Å². The van der Waals surface area contributed by atoms with E-state index < -0.39 is 5.91 Å². The van der Waals surface area contributed by atoms with Gasteiger partial charge in [0, 0.05) is 16.5 Å². The molecule has 4 rings (SSSR count). The number of carbonyl (C=O) groups excluding carboxylic acids is 1. The first kappa shape index (κ1) is 16.9. The third kappa shape index (κ3) is 2.94. The molecule has 0 unspecified atom stereocenters. The van der Waals surface area contributed by atoms with Crippen molar-refractivity contribution in [3.05, 3.63) is 82.1 Å². The van der Waals surface area contributed by atoms with Crippen LogP contribution in [0.4, 0.5) is 0 Å². The lowest BCUT2D eigenvalue weighted by Gasteiger charge is -2.20.